The van der Waals surface area contributed by atoms with E-state index in [0.29, 0.717) is 5.75 Å². The molecule has 12 heavy (non-hydrogen) atoms. The van der Waals surface area contributed by atoms with Gasteiger partial charge in [0, 0.05) is 13.2 Å². The number of carbonyl (C=O) groups is 1. The van der Waals surface area contributed by atoms with Crippen molar-refractivity contribution < 1.29 is 4.79 Å². The third kappa shape index (κ3) is 1.08. The van der Waals surface area contributed by atoms with E-state index in [2.05, 4.69) is 4.98 Å². The summed E-state index contributed by atoms with van der Waals surface area (Å²) in [6, 6.07) is 3.75. The first-order chi connectivity index (χ1) is 5.79. The lowest BCUT2D eigenvalue weighted by Crippen LogP contribution is -2.31. The molecule has 0 radical (unpaired) electrons. The molecule has 2 rings (SSSR count). The minimum atomic E-state index is 0.139. The molecule has 1 aliphatic heterocycles. The molecule has 1 aliphatic rings. The van der Waals surface area contributed by atoms with E-state index in [4.69, 9.17) is 0 Å². The van der Waals surface area contributed by atoms with Gasteiger partial charge in [-0.15, -0.1) is 0 Å². The fourth-order valence-corrected chi connectivity index (χ4v) is 2.05. The van der Waals surface area contributed by atoms with Gasteiger partial charge in [-0.1, -0.05) is 11.8 Å². The molecule has 3 nitrogen and oxygen atoms in total. The molecular formula is C8H8N2OS. The first-order valence-electron chi connectivity index (χ1n) is 3.63. The van der Waals surface area contributed by atoms with Crippen molar-refractivity contribution in [2.75, 3.05) is 17.7 Å². The highest BCUT2D eigenvalue weighted by Crippen LogP contribution is 2.31. The number of amides is 1. The van der Waals surface area contributed by atoms with Gasteiger partial charge in [0.1, 0.15) is 5.03 Å². The second-order valence-electron chi connectivity index (χ2n) is 2.57. The van der Waals surface area contributed by atoms with E-state index < -0.39 is 0 Å². The van der Waals surface area contributed by atoms with Gasteiger partial charge in [0.15, 0.2) is 0 Å². The number of hydrogen-bond acceptors (Lipinski definition) is 3. The maximum Gasteiger partial charge on any atom is 0.237 e. The van der Waals surface area contributed by atoms with Gasteiger partial charge >= 0.3 is 0 Å². The molecule has 0 bridgehead atoms. The topological polar surface area (TPSA) is 33.2 Å². The third-order valence-electron chi connectivity index (χ3n) is 1.82. The highest BCUT2D eigenvalue weighted by Gasteiger charge is 2.21. The van der Waals surface area contributed by atoms with Crippen LogP contribution in [0.5, 0.6) is 0 Å². The summed E-state index contributed by atoms with van der Waals surface area (Å²) in [5, 5.41) is 0.944. The van der Waals surface area contributed by atoms with Crippen LogP contribution >= 0.6 is 11.8 Å². The van der Waals surface area contributed by atoms with Gasteiger partial charge in [0.2, 0.25) is 5.91 Å². The molecule has 2 heterocycles. The SMILES string of the molecule is CN1C(=O)CSc2ncccc21. The van der Waals surface area contributed by atoms with Crippen LogP contribution in [0.1, 0.15) is 0 Å². The molecular weight excluding hydrogens is 172 g/mol. The average molecular weight is 180 g/mol. The number of carbonyl (C=O) groups excluding carboxylic acids is 1. The number of thioether (sulfide) groups is 1. The summed E-state index contributed by atoms with van der Waals surface area (Å²) < 4.78 is 0. The van der Waals surface area contributed by atoms with Gasteiger partial charge in [-0.3, -0.25) is 4.79 Å². The second kappa shape index (κ2) is 2.79. The minimum absolute atomic E-state index is 0.139. The van der Waals surface area contributed by atoms with Crippen LogP contribution in [0.3, 0.4) is 0 Å². The zero-order valence-corrected chi connectivity index (χ0v) is 7.47. The minimum Gasteiger partial charge on any atom is -0.312 e. The lowest BCUT2D eigenvalue weighted by atomic mass is 10.4. The molecule has 4 heteroatoms. The zero-order chi connectivity index (χ0) is 8.55. The summed E-state index contributed by atoms with van der Waals surface area (Å²) in [6.07, 6.45) is 1.75. The number of rotatable bonds is 0. The van der Waals surface area contributed by atoms with Gasteiger partial charge in [0.25, 0.3) is 0 Å². The van der Waals surface area contributed by atoms with Crippen molar-refractivity contribution >= 4 is 23.4 Å². The summed E-state index contributed by atoms with van der Waals surface area (Å²) in [7, 11) is 1.78. The van der Waals surface area contributed by atoms with E-state index in [-0.39, 0.29) is 5.91 Å². The van der Waals surface area contributed by atoms with Crippen LogP contribution in [0.2, 0.25) is 0 Å². The Bertz CT molecular complexity index is 327. The monoisotopic (exact) mass is 180 g/mol. The molecule has 1 aromatic heterocycles. The number of nitrogens with zero attached hydrogens (tertiary/aromatic N) is 2. The first-order valence-corrected chi connectivity index (χ1v) is 4.62. The van der Waals surface area contributed by atoms with E-state index in [1.807, 2.05) is 12.1 Å². The van der Waals surface area contributed by atoms with Crippen LogP contribution in [0.15, 0.2) is 23.4 Å². The Morgan fingerprint density at radius 2 is 2.50 bits per heavy atom. The van der Waals surface area contributed by atoms with E-state index in [1.165, 1.54) is 11.8 Å². The van der Waals surface area contributed by atoms with E-state index >= 15 is 0 Å². The molecule has 1 aromatic rings. The molecule has 0 atom stereocenters. The van der Waals surface area contributed by atoms with E-state index in [0.717, 1.165) is 10.7 Å². The van der Waals surface area contributed by atoms with Gasteiger partial charge in [0.05, 0.1) is 11.4 Å². The Morgan fingerprint density at radius 3 is 3.33 bits per heavy atom. The quantitative estimate of drug-likeness (QED) is 0.600. The van der Waals surface area contributed by atoms with E-state index in [1.54, 1.807) is 18.1 Å². The summed E-state index contributed by atoms with van der Waals surface area (Å²) >= 11 is 1.50. The van der Waals surface area contributed by atoms with Gasteiger partial charge in [-0.2, -0.15) is 0 Å². The summed E-state index contributed by atoms with van der Waals surface area (Å²) in [5.74, 6) is 0.640. The molecule has 0 saturated carbocycles. The van der Waals surface area contributed by atoms with Crippen molar-refractivity contribution in [2.24, 2.45) is 0 Å². The second-order valence-corrected chi connectivity index (χ2v) is 3.53. The van der Waals surface area contributed by atoms with Crippen molar-refractivity contribution in [2.45, 2.75) is 5.03 Å². The maximum absolute atomic E-state index is 11.2. The lowest BCUT2D eigenvalue weighted by molar-refractivity contribution is -0.116. The highest BCUT2D eigenvalue weighted by molar-refractivity contribution is 8.00. The van der Waals surface area contributed by atoms with Crippen molar-refractivity contribution in [1.29, 1.82) is 0 Å². The fourth-order valence-electron chi connectivity index (χ4n) is 1.11. The Balaban J connectivity index is 2.48. The molecule has 0 N–H and O–H groups in total. The average Bonchev–Trinajstić information content (AvgIpc) is 2.12. The maximum atomic E-state index is 11.2. The Labute approximate surface area is 74.8 Å². The third-order valence-corrected chi connectivity index (χ3v) is 2.80. The van der Waals surface area contributed by atoms with Gasteiger partial charge in [-0.05, 0) is 12.1 Å². The van der Waals surface area contributed by atoms with E-state index in [9.17, 15) is 4.79 Å². The molecule has 0 fully saturated rings. The number of anilines is 1. The van der Waals surface area contributed by atoms with Crippen molar-refractivity contribution in [1.82, 2.24) is 4.98 Å². The predicted molar refractivity (Wildman–Crippen MR) is 48.4 cm³/mol. The fraction of sp³-hybridized carbons (Fsp3) is 0.250. The largest absolute Gasteiger partial charge is 0.312 e. The summed E-state index contributed by atoms with van der Waals surface area (Å²) in [6.45, 7) is 0. The molecule has 62 valence electrons. The molecule has 1 amide bonds. The molecule has 0 spiro atoms. The van der Waals surface area contributed by atoms with Crippen molar-refractivity contribution in [3.63, 3.8) is 0 Å². The van der Waals surface area contributed by atoms with Crippen LogP contribution in [0, 0.1) is 0 Å². The van der Waals surface area contributed by atoms with Crippen LogP contribution in [0.4, 0.5) is 5.69 Å². The predicted octanol–water partition coefficient (Wildman–Crippen LogP) is 1.15. The highest BCUT2D eigenvalue weighted by atomic mass is 32.2. The molecule has 0 saturated heterocycles. The Hall–Kier alpha value is -1.03. The lowest BCUT2D eigenvalue weighted by Gasteiger charge is -2.23. The normalized spacial score (nSPS) is 16.1. The van der Waals surface area contributed by atoms with Gasteiger partial charge < -0.3 is 4.90 Å². The zero-order valence-electron chi connectivity index (χ0n) is 6.65. The molecule has 0 aromatic carbocycles. The Kier molecular flexibility index (Phi) is 1.77. The van der Waals surface area contributed by atoms with Crippen molar-refractivity contribution in [3.8, 4) is 0 Å². The first kappa shape index (κ1) is 7.61. The van der Waals surface area contributed by atoms with Gasteiger partial charge in [-0.25, -0.2) is 4.98 Å². The Morgan fingerprint density at radius 1 is 1.67 bits per heavy atom. The number of pyridine rings is 1. The number of fused-ring (bicyclic) bond motifs is 1. The van der Waals surface area contributed by atoms with Crippen LogP contribution in [0.25, 0.3) is 0 Å². The number of aromatic nitrogens is 1. The summed E-state index contributed by atoms with van der Waals surface area (Å²) in [4.78, 5) is 17.1. The van der Waals surface area contributed by atoms with Crippen LogP contribution in [-0.2, 0) is 4.79 Å². The van der Waals surface area contributed by atoms with Crippen LogP contribution < -0.4 is 4.90 Å². The van der Waals surface area contributed by atoms with Crippen LogP contribution in [-0.4, -0.2) is 23.7 Å². The van der Waals surface area contributed by atoms with Crippen molar-refractivity contribution in [3.05, 3.63) is 18.3 Å². The summed E-state index contributed by atoms with van der Waals surface area (Å²) in [5.41, 5.74) is 0.916. The molecule has 0 unspecified atom stereocenters. The number of hydrogen-bond donors (Lipinski definition) is 0. The molecule has 0 aliphatic carbocycles. The smallest absolute Gasteiger partial charge is 0.237 e. The standard InChI is InChI=1S/C8H8N2OS/c1-10-6-3-2-4-9-8(6)12-5-7(10)11/h2-4H,5H2,1H3.